The van der Waals surface area contributed by atoms with Crippen LogP contribution in [0.3, 0.4) is 0 Å². The molecule has 2 aromatic rings. The van der Waals surface area contributed by atoms with Crippen molar-refractivity contribution >= 4 is 46.2 Å². The summed E-state index contributed by atoms with van der Waals surface area (Å²) in [6.07, 6.45) is 2.85. The number of benzene rings is 1. The van der Waals surface area contributed by atoms with Crippen LogP contribution in [0.25, 0.3) is 11.0 Å². The summed E-state index contributed by atoms with van der Waals surface area (Å²) in [6, 6.07) is 3.24. The van der Waals surface area contributed by atoms with Crippen molar-refractivity contribution in [3.05, 3.63) is 28.5 Å². The monoisotopic (exact) mass is 384 g/mol. The lowest BCUT2D eigenvalue weighted by Gasteiger charge is -2.37. The highest BCUT2D eigenvalue weighted by molar-refractivity contribution is 6.42. The van der Waals surface area contributed by atoms with Crippen molar-refractivity contribution in [3.8, 4) is 0 Å². The molecule has 0 aliphatic heterocycles. The Balaban J connectivity index is 2.02. The van der Waals surface area contributed by atoms with Crippen LogP contribution in [0.5, 0.6) is 0 Å². The summed E-state index contributed by atoms with van der Waals surface area (Å²) in [4.78, 5) is 27.4. The Bertz CT molecular complexity index is 820. The Kier molecular flexibility index (Phi) is 5.20. The number of rotatable bonds is 3. The van der Waals surface area contributed by atoms with Gasteiger partial charge in [0, 0.05) is 13.8 Å². The number of carbonyl (C=O) groups excluding carboxylic acids is 2. The first-order valence-corrected chi connectivity index (χ1v) is 8.78. The third-order valence-corrected chi connectivity index (χ3v) is 5.05. The average molecular weight is 385 g/mol. The Morgan fingerprint density at radius 2 is 1.80 bits per heavy atom. The Morgan fingerprint density at radius 1 is 1.12 bits per heavy atom. The molecule has 1 saturated carbocycles. The molecule has 0 bridgehead atoms. The second kappa shape index (κ2) is 7.22. The minimum absolute atomic E-state index is 0.204. The smallest absolute Gasteiger partial charge is 0.303 e. The first-order chi connectivity index (χ1) is 11.9. The van der Waals surface area contributed by atoms with E-state index in [1.54, 1.807) is 18.5 Å². The fourth-order valence-electron chi connectivity index (χ4n) is 3.37. The molecule has 8 heteroatoms. The number of nitrogens with zero attached hydrogens (tertiary/aromatic N) is 2. The fourth-order valence-corrected chi connectivity index (χ4v) is 3.69. The van der Waals surface area contributed by atoms with E-state index in [4.69, 9.17) is 32.7 Å². The van der Waals surface area contributed by atoms with Crippen LogP contribution in [0, 0.1) is 0 Å². The van der Waals surface area contributed by atoms with Crippen molar-refractivity contribution in [1.29, 1.82) is 0 Å². The van der Waals surface area contributed by atoms with Crippen LogP contribution in [0.2, 0.25) is 10.0 Å². The van der Waals surface area contributed by atoms with E-state index < -0.39 is 24.1 Å². The summed E-state index contributed by atoms with van der Waals surface area (Å²) in [5.41, 5.74) is 1.49. The van der Waals surface area contributed by atoms with Crippen molar-refractivity contribution in [2.24, 2.45) is 0 Å². The summed E-state index contributed by atoms with van der Waals surface area (Å²) in [6.45, 7) is 2.70. The molecule has 134 valence electrons. The van der Waals surface area contributed by atoms with Crippen molar-refractivity contribution in [2.75, 3.05) is 0 Å². The molecule has 25 heavy (non-hydrogen) atoms. The van der Waals surface area contributed by atoms with Crippen LogP contribution >= 0.6 is 23.2 Å². The number of imidazole rings is 1. The average Bonchev–Trinajstić information content (AvgIpc) is 2.91. The second-order valence-corrected chi connectivity index (χ2v) is 6.94. The van der Waals surface area contributed by atoms with Crippen molar-refractivity contribution < 1.29 is 19.1 Å². The molecule has 3 unspecified atom stereocenters. The van der Waals surface area contributed by atoms with Gasteiger partial charge in [0.15, 0.2) is 6.10 Å². The number of carbonyl (C=O) groups is 2. The van der Waals surface area contributed by atoms with Crippen LogP contribution in [0.1, 0.15) is 39.2 Å². The SMILES string of the molecule is CC(=O)OC1CCCC(n2cnc3cc(Cl)c(Cl)cc32)C1OC(C)=O. The van der Waals surface area contributed by atoms with Crippen molar-refractivity contribution in [3.63, 3.8) is 0 Å². The van der Waals surface area contributed by atoms with Crippen LogP contribution in [0.15, 0.2) is 18.5 Å². The number of aromatic nitrogens is 2. The third kappa shape index (κ3) is 3.75. The molecular formula is C17H18Cl2N2O4. The van der Waals surface area contributed by atoms with Crippen LogP contribution < -0.4 is 0 Å². The maximum atomic E-state index is 11.6. The van der Waals surface area contributed by atoms with E-state index in [2.05, 4.69) is 4.98 Å². The minimum Gasteiger partial charge on any atom is -0.459 e. The van der Waals surface area contributed by atoms with Gasteiger partial charge in [-0.3, -0.25) is 9.59 Å². The first kappa shape index (κ1) is 18.0. The van der Waals surface area contributed by atoms with E-state index in [-0.39, 0.29) is 6.04 Å². The summed E-state index contributed by atoms with van der Waals surface area (Å²) in [7, 11) is 0. The maximum absolute atomic E-state index is 11.6. The Morgan fingerprint density at radius 3 is 2.48 bits per heavy atom. The van der Waals surface area contributed by atoms with Crippen molar-refractivity contribution in [1.82, 2.24) is 9.55 Å². The molecule has 0 spiro atoms. The Labute approximate surface area is 155 Å². The van der Waals surface area contributed by atoms with E-state index in [1.807, 2.05) is 4.57 Å². The highest BCUT2D eigenvalue weighted by Crippen LogP contribution is 2.36. The van der Waals surface area contributed by atoms with Crippen LogP contribution in [-0.4, -0.2) is 33.7 Å². The molecule has 0 saturated heterocycles. The normalized spacial score (nSPS) is 23.4. The number of ether oxygens (including phenoxy) is 2. The van der Waals surface area contributed by atoms with Gasteiger partial charge in [-0.05, 0) is 31.4 Å². The van der Waals surface area contributed by atoms with Gasteiger partial charge >= 0.3 is 11.9 Å². The molecule has 0 radical (unpaired) electrons. The van der Waals surface area contributed by atoms with Crippen molar-refractivity contribution in [2.45, 2.75) is 51.4 Å². The highest BCUT2D eigenvalue weighted by Gasteiger charge is 2.39. The predicted molar refractivity (Wildman–Crippen MR) is 93.7 cm³/mol. The molecule has 1 aliphatic rings. The maximum Gasteiger partial charge on any atom is 0.303 e. The minimum atomic E-state index is -0.581. The zero-order chi connectivity index (χ0) is 18.1. The van der Waals surface area contributed by atoms with E-state index in [0.29, 0.717) is 22.0 Å². The van der Waals surface area contributed by atoms with E-state index in [1.165, 1.54) is 13.8 Å². The first-order valence-electron chi connectivity index (χ1n) is 8.03. The van der Waals surface area contributed by atoms with Gasteiger partial charge in [-0.15, -0.1) is 0 Å². The van der Waals surface area contributed by atoms with Gasteiger partial charge < -0.3 is 14.0 Å². The number of halogens is 2. The van der Waals surface area contributed by atoms with Crippen LogP contribution in [0.4, 0.5) is 0 Å². The van der Waals surface area contributed by atoms with E-state index in [0.717, 1.165) is 18.4 Å². The van der Waals surface area contributed by atoms with Gasteiger partial charge in [0.1, 0.15) is 6.10 Å². The van der Waals surface area contributed by atoms with Gasteiger partial charge in [0.05, 0.1) is 33.4 Å². The molecule has 1 aromatic heterocycles. The van der Waals surface area contributed by atoms with Gasteiger partial charge in [-0.2, -0.15) is 0 Å². The molecular weight excluding hydrogens is 367 g/mol. The van der Waals surface area contributed by atoms with E-state index >= 15 is 0 Å². The molecule has 0 N–H and O–H groups in total. The molecule has 0 amide bonds. The lowest BCUT2D eigenvalue weighted by Crippen LogP contribution is -2.43. The van der Waals surface area contributed by atoms with Crippen LogP contribution in [-0.2, 0) is 19.1 Å². The summed E-state index contributed by atoms with van der Waals surface area (Å²) < 4.78 is 12.8. The second-order valence-electron chi connectivity index (χ2n) is 6.13. The zero-order valence-corrected chi connectivity index (χ0v) is 15.4. The largest absolute Gasteiger partial charge is 0.459 e. The summed E-state index contributed by atoms with van der Waals surface area (Å²) >= 11 is 12.2. The molecule has 1 aliphatic carbocycles. The molecule has 1 fully saturated rings. The van der Waals surface area contributed by atoms with Gasteiger partial charge in [0.2, 0.25) is 0 Å². The fraction of sp³-hybridized carbons (Fsp3) is 0.471. The molecule has 1 aromatic carbocycles. The Hall–Kier alpha value is -1.79. The quantitative estimate of drug-likeness (QED) is 0.749. The lowest BCUT2D eigenvalue weighted by atomic mass is 9.89. The number of fused-ring (bicyclic) bond motifs is 1. The van der Waals surface area contributed by atoms with E-state index in [9.17, 15) is 9.59 Å². The number of hydrogen-bond acceptors (Lipinski definition) is 5. The standard InChI is InChI=1S/C17H18Cl2N2O4/c1-9(22)24-16-5-3-4-14(17(16)25-10(2)23)21-8-20-13-6-11(18)12(19)7-15(13)21/h6-8,14,16-17H,3-5H2,1-2H3. The topological polar surface area (TPSA) is 70.4 Å². The zero-order valence-electron chi connectivity index (χ0n) is 13.9. The third-order valence-electron chi connectivity index (χ3n) is 4.33. The number of hydrogen-bond donors (Lipinski definition) is 0. The molecule has 3 rings (SSSR count). The van der Waals surface area contributed by atoms with Gasteiger partial charge in [0.25, 0.3) is 0 Å². The highest BCUT2D eigenvalue weighted by atomic mass is 35.5. The predicted octanol–water partition coefficient (Wildman–Crippen LogP) is 3.93. The molecule has 6 nitrogen and oxygen atoms in total. The summed E-state index contributed by atoms with van der Waals surface area (Å²) in [5, 5.41) is 0.852. The molecule has 3 atom stereocenters. The lowest BCUT2D eigenvalue weighted by molar-refractivity contribution is -0.173. The molecule has 1 heterocycles. The summed E-state index contributed by atoms with van der Waals surface area (Å²) in [5.74, 6) is -0.812. The van der Waals surface area contributed by atoms with Gasteiger partial charge in [-0.25, -0.2) is 4.98 Å². The van der Waals surface area contributed by atoms with Gasteiger partial charge in [-0.1, -0.05) is 23.2 Å². The number of esters is 2.